The summed E-state index contributed by atoms with van der Waals surface area (Å²) in [4.78, 5) is 4.42. The average molecular weight is 225 g/mol. The summed E-state index contributed by atoms with van der Waals surface area (Å²) in [5, 5.41) is 0. The number of unbranched alkanes of at least 4 members (excludes halogenated alkanes) is 1. The summed E-state index contributed by atoms with van der Waals surface area (Å²) in [6.45, 7) is 2.08. The van der Waals surface area contributed by atoms with Crippen LogP contribution in [0.4, 0.5) is 0 Å². The van der Waals surface area contributed by atoms with Gasteiger partial charge < -0.3 is 0 Å². The van der Waals surface area contributed by atoms with Gasteiger partial charge >= 0.3 is 0 Å². The van der Waals surface area contributed by atoms with E-state index in [1.54, 1.807) is 0 Å². The van der Waals surface area contributed by atoms with Crippen molar-refractivity contribution in [1.82, 2.24) is 4.98 Å². The van der Waals surface area contributed by atoms with Crippen LogP contribution in [0.25, 0.3) is 0 Å². The lowest BCUT2D eigenvalue weighted by Crippen LogP contribution is -1.92. The fourth-order valence-corrected chi connectivity index (χ4v) is 1.93. The average Bonchev–Trinajstić information content (AvgIpc) is 2.38. The number of benzene rings is 1. The largest absolute Gasteiger partial charge is 0.261 e. The van der Waals surface area contributed by atoms with E-state index in [0.29, 0.717) is 0 Å². The van der Waals surface area contributed by atoms with Crippen molar-refractivity contribution in [3.05, 3.63) is 65.5 Å². The summed E-state index contributed by atoms with van der Waals surface area (Å²) in [7, 11) is 0. The number of rotatable bonds is 5. The van der Waals surface area contributed by atoms with Gasteiger partial charge in [-0.3, -0.25) is 4.98 Å². The highest BCUT2D eigenvalue weighted by Gasteiger charge is 1.96. The lowest BCUT2D eigenvalue weighted by atomic mass is 10.1. The van der Waals surface area contributed by atoms with Crippen LogP contribution in [0.5, 0.6) is 0 Å². The summed E-state index contributed by atoms with van der Waals surface area (Å²) in [5.41, 5.74) is 3.88. The van der Waals surface area contributed by atoms with Crippen LogP contribution in [0.1, 0.15) is 29.7 Å². The number of aryl methyl sites for hydroxylation is 3. The lowest BCUT2D eigenvalue weighted by Gasteiger charge is -2.02. The first kappa shape index (κ1) is 11.8. The van der Waals surface area contributed by atoms with E-state index in [1.165, 1.54) is 36.1 Å². The van der Waals surface area contributed by atoms with Gasteiger partial charge in [0.15, 0.2) is 0 Å². The van der Waals surface area contributed by atoms with Crippen molar-refractivity contribution >= 4 is 0 Å². The van der Waals surface area contributed by atoms with Gasteiger partial charge in [-0.15, -0.1) is 0 Å². The van der Waals surface area contributed by atoms with Crippen molar-refractivity contribution in [3.63, 3.8) is 0 Å². The molecule has 0 fully saturated rings. The Morgan fingerprint density at radius 1 is 0.882 bits per heavy atom. The number of hydrogen-bond donors (Lipinski definition) is 0. The van der Waals surface area contributed by atoms with E-state index >= 15 is 0 Å². The Bertz CT molecular complexity index is 431. The van der Waals surface area contributed by atoms with Gasteiger partial charge in [0.2, 0.25) is 0 Å². The topological polar surface area (TPSA) is 12.9 Å². The maximum absolute atomic E-state index is 4.42. The van der Waals surface area contributed by atoms with Gasteiger partial charge in [0.1, 0.15) is 0 Å². The summed E-state index contributed by atoms with van der Waals surface area (Å²) >= 11 is 0. The third kappa shape index (κ3) is 4.03. The van der Waals surface area contributed by atoms with E-state index in [2.05, 4.69) is 54.4 Å². The predicted octanol–water partition coefficient (Wildman–Crippen LogP) is 3.96. The molecule has 1 heteroatoms. The predicted molar refractivity (Wildman–Crippen MR) is 72.1 cm³/mol. The second kappa shape index (κ2) is 6.19. The first-order chi connectivity index (χ1) is 8.34. The molecule has 0 unspecified atom stereocenters. The zero-order valence-corrected chi connectivity index (χ0v) is 10.4. The maximum atomic E-state index is 4.42. The number of hydrogen-bond acceptors (Lipinski definition) is 1. The third-order valence-electron chi connectivity index (χ3n) is 2.96. The van der Waals surface area contributed by atoms with Crippen LogP contribution >= 0.6 is 0 Å². The Labute approximate surface area is 104 Å². The monoisotopic (exact) mass is 225 g/mol. The Morgan fingerprint density at radius 3 is 2.35 bits per heavy atom. The van der Waals surface area contributed by atoms with Gasteiger partial charge in [-0.2, -0.15) is 0 Å². The number of nitrogens with zero attached hydrogens (tertiary/aromatic N) is 1. The van der Waals surface area contributed by atoms with Gasteiger partial charge in [-0.05, 0) is 49.8 Å². The second-order valence-electron chi connectivity index (χ2n) is 4.52. The molecular weight excluding hydrogens is 206 g/mol. The summed E-state index contributed by atoms with van der Waals surface area (Å²) in [6.07, 6.45) is 6.66. The quantitative estimate of drug-likeness (QED) is 0.702. The van der Waals surface area contributed by atoms with Crippen molar-refractivity contribution in [2.75, 3.05) is 0 Å². The van der Waals surface area contributed by atoms with Gasteiger partial charge in [-0.1, -0.05) is 36.4 Å². The molecule has 0 bridgehead atoms. The Balaban J connectivity index is 1.71. The normalized spacial score (nSPS) is 10.4. The van der Waals surface area contributed by atoms with Crippen molar-refractivity contribution in [1.29, 1.82) is 0 Å². The summed E-state index contributed by atoms with van der Waals surface area (Å²) < 4.78 is 0. The fraction of sp³-hybridized carbons (Fsp3) is 0.312. The van der Waals surface area contributed by atoms with Crippen LogP contribution in [0, 0.1) is 6.92 Å². The smallest absolute Gasteiger partial charge is 0.0403 e. The minimum atomic E-state index is 1.09. The SMILES string of the molecule is Cc1ccc(CCCCc2ccccc2)nc1. The molecule has 17 heavy (non-hydrogen) atoms. The highest BCUT2D eigenvalue weighted by molar-refractivity contribution is 5.15. The minimum absolute atomic E-state index is 1.09. The molecule has 88 valence electrons. The lowest BCUT2D eigenvalue weighted by molar-refractivity contribution is 0.722. The van der Waals surface area contributed by atoms with E-state index in [4.69, 9.17) is 0 Å². The zero-order chi connectivity index (χ0) is 11.9. The van der Waals surface area contributed by atoms with Crippen molar-refractivity contribution in [3.8, 4) is 0 Å². The molecule has 0 saturated heterocycles. The second-order valence-corrected chi connectivity index (χ2v) is 4.52. The van der Waals surface area contributed by atoms with Crippen molar-refractivity contribution in [2.45, 2.75) is 32.6 Å². The van der Waals surface area contributed by atoms with Gasteiger partial charge in [-0.25, -0.2) is 0 Å². The molecule has 0 N–H and O–H groups in total. The highest BCUT2D eigenvalue weighted by atomic mass is 14.7. The summed E-state index contributed by atoms with van der Waals surface area (Å²) in [6, 6.07) is 15.0. The van der Waals surface area contributed by atoms with E-state index in [0.717, 1.165) is 6.42 Å². The molecule has 2 aromatic rings. The molecule has 0 atom stereocenters. The zero-order valence-electron chi connectivity index (χ0n) is 10.4. The molecule has 0 saturated carbocycles. The molecule has 0 aliphatic heterocycles. The van der Waals surface area contributed by atoms with Crippen LogP contribution < -0.4 is 0 Å². The minimum Gasteiger partial charge on any atom is -0.261 e. The Kier molecular flexibility index (Phi) is 4.31. The van der Waals surface area contributed by atoms with Crippen LogP contribution in [0.2, 0.25) is 0 Å². The first-order valence-electron chi connectivity index (χ1n) is 6.30. The van der Waals surface area contributed by atoms with Gasteiger partial charge in [0, 0.05) is 11.9 Å². The molecule has 0 radical (unpaired) electrons. The molecule has 0 spiro atoms. The van der Waals surface area contributed by atoms with E-state index in [9.17, 15) is 0 Å². The van der Waals surface area contributed by atoms with Crippen LogP contribution in [-0.2, 0) is 12.8 Å². The molecule has 0 amide bonds. The van der Waals surface area contributed by atoms with Gasteiger partial charge in [0.05, 0.1) is 0 Å². The molecule has 1 nitrogen and oxygen atoms in total. The molecule has 1 aromatic carbocycles. The van der Waals surface area contributed by atoms with E-state index in [1.807, 2.05) is 6.20 Å². The van der Waals surface area contributed by atoms with E-state index in [-0.39, 0.29) is 0 Å². The van der Waals surface area contributed by atoms with Crippen LogP contribution in [-0.4, -0.2) is 4.98 Å². The number of aromatic nitrogens is 1. The molecule has 1 heterocycles. The third-order valence-corrected chi connectivity index (χ3v) is 2.96. The Hall–Kier alpha value is -1.63. The summed E-state index contributed by atoms with van der Waals surface area (Å²) in [5.74, 6) is 0. The molecule has 1 aromatic heterocycles. The molecule has 0 aliphatic carbocycles. The van der Waals surface area contributed by atoms with Crippen molar-refractivity contribution in [2.24, 2.45) is 0 Å². The van der Waals surface area contributed by atoms with Crippen LogP contribution in [0.15, 0.2) is 48.7 Å². The Morgan fingerprint density at radius 2 is 1.65 bits per heavy atom. The van der Waals surface area contributed by atoms with Crippen LogP contribution in [0.3, 0.4) is 0 Å². The standard InChI is InChI=1S/C16H19N/c1-14-11-12-16(17-13-14)10-6-5-9-15-7-3-2-4-8-15/h2-4,7-8,11-13H,5-6,9-10H2,1H3. The van der Waals surface area contributed by atoms with Crippen molar-refractivity contribution < 1.29 is 0 Å². The molecule has 2 rings (SSSR count). The molecular formula is C16H19N. The molecule has 0 aliphatic rings. The fourth-order valence-electron chi connectivity index (χ4n) is 1.93. The first-order valence-corrected chi connectivity index (χ1v) is 6.30. The number of pyridine rings is 1. The van der Waals surface area contributed by atoms with E-state index < -0.39 is 0 Å². The highest BCUT2D eigenvalue weighted by Crippen LogP contribution is 2.08. The maximum Gasteiger partial charge on any atom is 0.0403 e. The van der Waals surface area contributed by atoms with Gasteiger partial charge in [0.25, 0.3) is 0 Å².